The van der Waals surface area contributed by atoms with E-state index in [1.54, 1.807) is 60.6 Å². The Kier molecular flexibility index (Phi) is 31.7. The van der Waals surface area contributed by atoms with Crippen LogP contribution in [0.4, 0.5) is 0 Å². The largest absolute Gasteiger partial charge is 0.396 e. The van der Waals surface area contributed by atoms with Crippen LogP contribution in [-0.2, 0) is 52.7 Å². The number of carbonyl (C=O) groups excluding carboxylic acids is 11. The number of amides is 11. The second-order valence-corrected chi connectivity index (χ2v) is 25.9. The Morgan fingerprint density at radius 3 is 1.34 bits per heavy atom. The third kappa shape index (κ3) is 20.5. The fourth-order valence-corrected chi connectivity index (χ4v) is 10.9. The predicted octanol–water partition coefficient (Wildman–Crippen LogP) is 2.24. The van der Waals surface area contributed by atoms with Crippen LogP contribution in [-0.4, -0.2) is 238 Å². The summed E-state index contributed by atoms with van der Waals surface area (Å²) in [5.41, 5.74) is 0. The van der Waals surface area contributed by atoms with E-state index in [1.807, 2.05) is 41.5 Å². The summed E-state index contributed by atoms with van der Waals surface area (Å²) < 4.78 is 0. The van der Waals surface area contributed by atoms with Crippen LogP contribution in [0.25, 0.3) is 0 Å². The molecule has 0 radical (unpaired) electrons. The van der Waals surface area contributed by atoms with E-state index in [9.17, 15) is 53.4 Å². The molecule has 1 rings (SSSR count). The quantitative estimate of drug-likeness (QED) is 0.129. The molecule has 1 aliphatic heterocycles. The van der Waals surface area contributed by atoms with Crippen LogP contribution in [0.15, 0.2) is 12.2 Å². The van der Waals surface area contributed by atoms with Crippen molar-refractivity contribution < 1.29 is 63.0 Å². The van der Waals surface area contributed by atoms with Gasteiger partial charge >= 0.3 is 0 Å². The number of nitrogens with zero attached hydrogens (tertiary/aromatic N) is 7. The molecule has 24 nitrogen and oxygen atoms in total. The summed E-state index contributed by atoms with van der Waals surface area (Å²) >= 11 is 0. The Morgan fingerprint density at radius 2 is 0.884 bits per heavy atom. The lowest BCUT2D eigenvalue weighted by Gasteiger charge is -2.41. The van der Waals surface area contributed by atoms with E-state index in [2.05, 4.69) is 21.3 Å². The Balaban J connectivity index is 4.38. The Hall–Kier alpha value is -6.17. The average molecular weight is 1220 g/mol. The van der Waals surface area contributed by atoms with Crippen LogP contribution in [0.3, 0.4) is 0 Å². The molecule has 1 aliphatic rings. The number of aliphatic hydroxyl groups is 2. The summed E-state index contributed by atoms with van der Waals surface area (Å²) in [5.74, 6) is -11.2. The van der Waals surface area contributed by atoms with Crippen molar-refractivity contribution in [3.05, 3.63) is 12.2 Å². The van der Waals surface area contributed by atoms with Gasteiger partial charge in [-0.05, 0) is 95.3 Å². The van der Waals surface area contributed by atoms with E-state index in [0.717, 1.165) is 14.7 Å². The monoisotopic (exact) mass is 1220 g/mol. The van der Waals surface area contributed by atoms with Crippen molar-refractivity contribution in [2.45, 2.75) is 222 Å². The summed E-state index contributed by atoms with van der Waals surface area (Å²) in [4.78, 5) is 169. The van der Waals surface area contributed by atoms with Gasteiger partial charge in [0.25, 0.3) is 0 Å². The molecule has 0 spiro atoms. The van der Waals surface area contributed by atoms with E-state index < -0.39 is 168 Å². The first-order chi connectivity index (χ1) is 39.7. The first-order valence-electron chi connectivity index (χ1n) is 30.7. The normalized spacial score (nSPS) is 27.9. The van der Waals surface area contributed by atoms with Crippen molar-refractivity contribution in [1.82, 2.24) is 55.6 Å². The minimum absolute atomic E-state index is 0.0179. The summed E-state index contributed by atoms with van der Waals surface area (Å²) in [5, 5.41) is 33.4. The van der Waals surface area contributed by atoms with E-state index in [4.69, 9.17) is 0 Å². The lowest BCUT2D eigenvalue weighted by molar-refractivity contribution is -0.157. The molecule has 0 saturated carbocycles. The second-order valence-electron chi connectivity index (χ2n) is 25.9. The van der Waals surface area contributed by atoms with Crippen LogP contribution in [0, 0.1) is 41.4 Å². The van der Waals surface area contributed by atoms with Gasteiger partial charge in [0.2, 0.25) is 65.0 Å². The van der Waals surface area contributed by atoms with E-state index in [-0.39, 0.29) is 43.4 Å². The third-order valence-electron chi connectivity index (χ3n) is 16.6. The Morgan fingerprint density at radius 1 is 0.453 bits per heavy atom. The molecular weight excluding hydrogens is 1110 g/mol. The molecular formula is C62H111N11O13. The number of nitrogens with one attached hydrogen (secondary N) is 4. The van der Waals surface area contributed by atoms with Gasteiger partial charge < -0.3 is 65.8 Å². The number of carbonyl (C=O) groups is 11. The van der Waals surface area contributed by atoms with Crippen LogP contribution >= 0.6 is 0 Å². The Labute approximate surface area is 513 Å². The minimum atomic E-state index is -1.64. The third-order valence-corrected chi connectivity index (χ3v) is 16.6. The summed E-state index contributed by atoms with van der Waals surface area (Å²) in [6.07, 6.45) is 2.72. The number of rotatable bonds is 15. The molecule has 0 aromatic heterocycles. The topological polar surface area (TPSA) is 299 Å². The van der Waals surface area contributed by atoms with E-state index >= 15 is 9.59 Å². The minimum Gasteiger partial charge on any atom is -0.396 e. The summed E-state index contributed by atoms with van der Waals surface area (Å²) in [6, 6.07) is -14.2. The summed E-state index contributed by atoms with van der Waals surface area (Å²) in [7, 11) is 9.71. The molecule has 1 fully saturated rings. The SMILES string of the molecule is C/C=C/C[C@@H](C)[C@@H](O)[C@H]1C(=O)N[C@@H](CC)C(=O)N(C)[C@H](C)C(=O)N(C)[C@@H]([C@H](C)CO)C(=O)N[C@@H](C(C)C)C(=O)N(C)[C@@H](CC(C)C)C(=O)N[C@@H](C)C(=O)N[C@H](C)C(=O)N(C)[C@@H](CC(C)C)C(=O)N(C)[C@@H](CC(C)C)C(=O)N(C)[C@@H](C(C)C)C(=O)N1C. The number of hydrogen-bond acceptors (Lipinski definition) is 13. The van der Waals surface area contributed by atoms with Crippen molar-refractivity contribution in [3.8, 4) is 0 Å². The highest BCUT2D eigenvalue weighted by molar-refractivity contribution is 6.00. The van der Waals surface area contributed by atoms with Gasteiger partial charge in [-0.3, -0.25) is 52.7 Å². The molecule has 0 bridgehead atoms. The van der Waals surface area contributed by atoms with Gasteiger partial charge in [-0.1, -0.05) is 102 Å². The molecule has 24 heteroatoms. The van der Waals surface area contributed by atoms with Gasteiger partial charge in [0, 0.05) is 61.9 Å². The van der Waals surface area contributed by atoms with Crippen molar-refractivity contribution in [1.29, 1.82) is 0 Å². The number of likely N-dealkylation sites (N-methyl/N-ethyl adjacent to an activating group) is 7. The lowest BCUT2D eigenvalue weighted by atomic mass is 9.91. The van der Waals surface area contributed by atoms with Gasteiger partial charge in [-0.25, -0.2) is 0 Å². The number of aliphatic hydroxyl groups excluding tert-OH is 2. The maximum Gasteiger partial charge on any atom is 0.246 e. The molecule has 14 atom stereocenters. The highest BCUT2D eigenvalue weighted by Gasteiger charge is 2.46. The van der Waals surface area contributed by atoms with Crippen molar-refractivity contribution in [2.24, 2.45) is 41.4 Å². The first kappa shape index (κ1) is 77.8. The molecule has 0 unspecified atom stereocenters. The maximum absolute atomic E-state index is 15.2. The molecule has 492 valence electrons. The molecule has 1 heterocycles. The number of allylic oxidation sites excluding steroid dienone is 2. The lowest BCUT2D eigenvalue weighted by Crippen LogP contribution is -2.64. The fourth-order valence-electron chi connectivity index (χ4n) is 10.9. The molecule has 6 N–H and O–H groups in total. The highest BCUT2D eigenvalue weighted by atomic mass is 16.3. The van der Waals surface area contributed by atoms with Crippen LogP contribution in [0.1, 0.15) is 150 Å². The second kappa shape index (κ2) is 35.0. The zero-order valence-corrected chi connectivity index (χ0v) is 56.4. The zero-order chi connectivity index (χ0) is 66.8. The van der Waals surface area contributed by atoms with Crippen LogP contribution in [0.5, 0.6) is 0 Å². The fraction of sp³-hybridized carbons (Fsp3) is 0.790. The molecule has 0 aromatic carbocycles. The number of hydrogen-bond donors (Lipinski definition) is 6. The van der Waals surface area contributed by atoms with E-state index in [1.165, 1.54) is 96.6 Å². The molecule has 11 amide bonds. The maximum atomic E-state index is 15.2. The van der Waals surface area contributed by atoms with Crippen molar-refractivity contribution in [3.63, 3.8) is 0 Å². The smallest absolute Gasteiger partial charge is 0.246 e. The zero-order valence-electron chi connectivity index (χ0n) is 56.4. The van der Waals surface area contributed by atoms with Crippen LogP contribution < -0.4 is 21.3 Å². The molecule has 1 saturated heterocycles. The first-order valence-corrected chi connectivity index (χ1v) is 30.7. The van der Waals surface area contributed by atoms with Crippen molar-refractivity contribution >= 4 is 65.0 Å². The predicted molar refractivity (Wildman–Crippen MR) is 330 cm³/mol. The molecule has 0 aliphatic carbocycles. The van der Waals surface area contributed by atoms with E-state index in [0.29, 0.717) is 6.42 Å². The van der Waals surface area contributed by atoms with Gasteiger partial charge in [0.05, 0.1) is 6.10 Å². The highest BCUT2D eigenvalue weighted by Crippen LogP contribution is 2.26. The van der Waals surface area contributed by atoms with Gasteiger partial charge in [0.15, 0.2) is 0 Å². The Bertz CT molecular complexity index is 2360. The van der Waals surface area contributed by atoms with Crippen molar-refractivity contribution in [2.75, 3.05) is 55.9 Å². The summed E-state index contributed by atoms with van der Waals surface area (Å²) in [6.45, 7) is 28.2. The average Bonchev–Trinajstić information content (AvgIpc) is 1.84. The van der Waals surface area contributed by atoms with Gasteiger partial charge in [0.1, 0.15) is 66.5 Å². The molecule has 86 heavy (non-hydrogen) atoms. The standard InChI is InChI=1S/C62H111N11O13/c1-25-27-28-38(13)51(75)50-55(79)65-43(26-2)58(82)67(18)42(17)57(81)72(23)49(39(14)32-74)54(78)66-47(36(9)10)61(85)68(19)44(29-33(3)4)53(77)63-40(15)52(76)64-41(16)56(80)69(20)45(30-34(5)6)59(83)70(21)46(31-35(7)8)60(84)71(22)48(37(11)12)62(86)73(50)24/h25,27,33-51,74-75H,26,28-32H2,1-24H3,(H,63,77)(H,64,76)(H,65,79)(H,66,78)/b27-25+/t38-,39-,40+,41-,42-,43+,44+,45+,46+,47+,48+,49+,50+,51-/m1/s1. The van der Waals surface area contributed by atoms with Gasteiger partial charge in [-0.2, -0.15) is 0 Å². The van der Waals surface area contributed by atoms with Gasteiger partial charge in [-0.15, -0.1) is 0 Å². The molecule has 0 aromatic rings. The van der Waals surface area contributed by atoms with Crippen LogP contribution in [0.2, 0.25) is 0 Å².